The Balaban J connectivity index is 1.93. The Kier molecular flexibility index (Phi) is 4.66. The molecule has 1 aromatic heterocycles. The van der Waals surface area contributed by atoms with Gasteiger partial charge in [0.25, 0.3) is 0 Å². The monoisotopic (exact) mass is 374 g/mol. The Hall–Kier alpha value is -1.12. The summed E-state index contributed by atoms with van der Waals surface area (Å²) in [6.07, 6.45) is 3.38. The van der Waals surface area contributed by atoms with E-state index in [2.05, 4.69) is 14.9 Å². The van der Waals surface area contributed by atoms with Gasteiger partial charge in [0.1, 0.15) is 10.7 Å². The van der Waals surface area contributed by atoms with Crippen molar-refractivity contribution in [2.45, 2.75) is 10.9 Å². The molecule has 1 aliphatic heterocycles. The van der Waals surface area contributed by atoms with Crippen LogP contribution in [0.3, 0.4) is 0 Å². The number of H-pyrrole nitrogens is 1. The summed E-state index contributed by atoms with van der Waals surface area (Å²) in [7, 11) is -1.77. The smallest absolute Gasteiger partial charge is 0.244 e. The van der Waals surface area contributed by atoms with E-state index in [-0.39, 0.29) is 21.0 Å². The van der Waals surface area contributed by atoms with Gasteiger partial charge >= 0.3 is 0 Å². The third-order valence-corrected chi connectivity index (χ3v) is 6.82. The van der Waals surface area contributed by atoms with Crippen LogP contribution in [0.5, 0.6) is 0 Å². The van der Waals surface area contributed by atoms with E-state index in [1.165, 1.54) is 10.4 Å². The lowest BCUT2D eigenvalue weighted by Gasteiger charge is -2.37. The van der Waals surface area contributed by atoms with Crippen molar-refractivity contribution >= 4 is 33.2 Å². The average Bonchev–Trinajstić information content (AvgIpc) is 3.04. The maximum Gasteiger partial charge on any atom is 0.244 e. The van der Waals surface area contributed by atoms with Gasteiger partial charge in [-0.05, 0) is 19.2 Å². The van der Waals surface area contributed by atoms with Crippen LogP contribution in [-0.2, 0) is 10.0 Å². The third-order valence-electron chi connectivity index (χ3n) is 3.98. The third kappa shape index (κ3) is 3.12. The number of aromatic amines is 1. The number of sulfonamides is 1. The molecule has 1 fully saturated rings. The molecule has 1 aromatic carbocycles. The topological polar surface area (TPSA) is 69.3 Å². The van der Waals surface area contributed by atoms with Gasteiger partial charge < -0.3 is 4.98 Å². The molecule has 23 heavy (non-hydrogen) atoms. The van der Waals surface area contributed by atoms with Crippen molar-refractivity contribution in [1.29, 1.82) is 0 Å². The van der Waals surface area contributed by atoms with Crippen LogP contribution in [-0.4, -0.2) is 54.3 Å². The minimum Gasteiger partial charge on any atom is -0.347 e. The number of piperazine rings is 1. The van der Waals surface area contributed by atoms with E-state index >= 15 is 0 Å². The van der Waals surface area contributed by atoms with Crippen LogP contribution in [0.4, 0.5) is 0 Å². The molecule has 0 saturated carbocycles. The summed E-state index contributed by atoms with van der Waals surface area (Å²) in [5, 5.41) is 0.284. The SMILES string of the molecule is CN1CCN(S(=O)(=O)c2cccc(Cl)c2Cl)CC1c1ncc[nH]1. The number of halogens is 2. The Bertz CT molecular complexity index is 795. The Labute approximate surface area is 145 Å². The molecule has 2 heterocycles. The molecule has 0 radical (unpaired) electrons. The first-order valence-corrected chi connectivity index (χ1v) is 9.24. The number of hydrogen-bond acceptors (Lipinski definition) is 4. The van der Waals surface area contributed by atoms with E-state index in [1.54, 1.807) is 24.5 Å². The molecule has 2 aromatic rings. The van der Waals surface area contributed by atoms with Crippen LogP contribution in [0.2, 0.25) is 10.0 Å². The molecule has 1 unspecified atom stereocenters. The fraction of sp³-hybridized carbons (Fsp3) is 0.357. The van der Waals surface area contributed by atoms with Crippen LogP contribution >= 0.6 is 23.2 Å². The van der Waals surface area contributed by atoms with Crippen molar-refractivity contribution in [1.82, 2.24) is 19.2 Å². The highest BCUT2D eigenvalue weighted by molar-refractivity contribution is 7.89. The van der Waals surface area contributed by atoms with Crippen LogP contribution in [0.15, 0.2) is 35.5 Å². The predicted octanol–water partition coefficient (Wildman–Crippen LogP) is 2.39. The molecule has 0 amide bonds. The van der Waals surface area contributed by atoms with Crippen molar-refractivity contribution in [2.24, 2.45) is 0 Å². The zero-order valence-corrected chi connectivity index (χ0v) is 14.7. The Morgan fingerprint density at radius 2 is 2.09 bits per heavy atom. The summed E-state index contributed by atoms with van der Waals surface area (Å²) in [6.45, 7) is 1.29. The van der Waals surface area contributed by atoms with Crippen molar-refractivity contribution < 1.29 is 8.42 Å². The molecule has 9 heteroatoms. The van der Waals surface area contributed by atoms with Gasteiger partial charge in [0.2, 0.25) is 10.0 Å². The first-order chi connectivity index (χ1) is 10.9. The van der Waals surface area contributed by atoms with Gasteiger partial charge in [-0.1, -0.05) is 29.3 Å². The van der Waals surface area contributed by atoms with Gasteiger partial charge in [-0.15, -0.1) is 0 Å². The molecule has 1 aliphatic rings. The maximum absolute atomic E-state index is 12.9. The van der Waals surface area contributed by atoms with E-state index in [9.17, 15) is 8.42 Å². The summed E-state index contributed by atoms with van der Waals surface area (Å²) in [5.74, 6) is 0.740. The van der Waals surface area contributed by atoms with Gasteiger partial charge in [0.15, 0.2) is 0 Å². The lowest BCUT2D eigenvalue weighted by molar-refractivity contribution is 0.142. The van der Waals surface area contributed by atoms with Gasteiger partial charge in [-0.25, -0.2) is 13.4 Å². The van der Waals surface area contributed by atoms with Gasteiger partial charge in [-0.3, -0.25) is 4.90 Å². The molecule has 1 N–H and O–H groups in total. The minimum atomic E-state index is -3.71. The zero-order valence-electron chi connectivity index (χ0n) is 12.4. The number of imidazole rings is 1. The fourth-order valence-electron chi connectivity index (χ4n) is 2.64. The van der Waals surface area contributed by atoms with E-state index in [0.29, 0.717) is 19.6 Å². The molecular formula is C14H16Cl2N4O2S. The minimum absolute atomic E-state index is 0.0365. The average molecular weight is 375 g/mol. The van der Waals surface area contributed by atoms with Crippen LogP contribution in [0.1, 0.15) is 11.9 Å². The maximum atomic E-state index is 12.9. The largest absolute Gasteiger partial charge is 0.347 e. The molecule has 1 atom stereocenters. The van der Waals surface area contributed by atoms with Crippen LogP contribution < -0.4 is 0 Å². The first kappa shape index (κ1) is 16.7. The van der Waals surface area contributed by atoms with Crippen molar-refractivity contribution in [3.05, 3.63) is 46.5 Å². The predicted molar refractivity (Wildman–Crippen MR) is 89.2 cm³/mol. The highest BCUT2D eigenvalue weighted by Gasteiger charge is 2.35. The van der Waals surface area contributed by atoms with Crippen molar-refractivity contribution in [3.63, 3.8) is 0 Å². The number of hydrogen-bond donors (Lipinski definition) is 1. The van der Waals surface area contributed by atoms with Crippen LogP contribution in [0, 0.1) is 0 Å². The summed E-state index contributed by atoms with van der Waals surface area (Å²) >= 11 is 12.0. The summed E-state index contributed by atoms with van der Waals surface area (Å²) in [4.78, 5) is 9.40. The number of nitrogens with one attached hydrogen (secondary N) is 1. The van der Waals surface area contributed by atoms with Gasteiger partial charge in [-0.2, -0.15) is 4.31 Å². The van der Waals surface area contributed by atoms with Crippen molar-refractivity contribution in [3.8, 4) is 0 Å². The summed E-state index contributed by atoms with van der Waals surface area (Å²) < 4.78 is 27.3. The van der Waals surface area contributed by atoms with Gasteiger partial charge in [0, 0.05) is 32.0 Å². The fourth-order valence-corrected chi connectivity index (χ4v) is 4.82. The molecule has 0 bridgehead atoms. The molecule has 6 nitrogen and oxygen atoms in total. The molecule has 0 spiro atoms. The molecule has 1 saturated heterocycles. The normalized spacial score (nSPS) is 20.7. The van der Waals surface area contributed by atoms with Gasteiger partial charge in [0.05, 0.1) is 16.1 Å². The quantitative estimate of drug-likeness (QED) is 0.895. The number of likely N-dealkylation sites (N-methyl/N-ethyl adjacent to an activating group) is 1. The number of nitrogens with zero attached hydrogens (tertiary/aromatic N) is 3. The summed E-state index contributed by atoms with van der Waals surface area (Å²) in [5.41, 5.74) is 0. The first-order valence-electron chi connectivity index (χ1n) is 7.05. The van der Waals surface area contributed by atoms with E-state index < -0.39 is 10.0 Å². The second kappa shape index (κ2) is 6.41. The number of benzene rings is 1. The second-order valence-electron chi connectivity index (χ2n) is 5.39. The number of aromatic nitrogens is 2. The van der Waals surface area contributed by atoms with Crippen LogP contribution in [0.25, 0.3) is 0 Å². The zero-order chi connectivity index (χ0) is 16.6. The molecule has 124 valence electrons. The number of rotatable bonds is 3. The Morgan fingerprint density at radius 1 is 1.30 bits per heavy atom. The highest BCUT2D eigenvalue weighted by Crippen LogP contribution is 2.33. The lowest BCUT2D eigenvalue weighted by Crippen LogP contribution is -2.49. The molecular weight excluding hydrogens is 359 g/mol. The molecule has 3 rings (SSSR count). The standard InChI is InChI=1S/C14H16Cl2N4O2S/c1-19-7-8-20(9-11(19)14-17-5-6-18-14)23(21,22)12-4-2-3-10(15)13(12)16/h2-6,11H,7-9H2,1H3,(H,17,18). The van der Waals surface area contributed by atoms with E-state index in [4.69, 9.17) is 23.2 Å². The second-order valence-corrected chi connectivity index (χ2v) is 8.08. The summed E-state index contributed by atoms with van der Waals surface area (Å²) in [6, 6.07) is 4.50. The van der Waals surface area contributed by atoms with E-state index in [1.807, 2.05) is 7.05 Å². The van der Waals surface area contributed by atoms with Crippen molar-refractivity contribution in [2.75, 3.05) is 26.7 Å². The lowest BCUT2D eigenvalue weighted by atomic mass is 10.2. The molecule has 0 aliphatic carbocycles. The Morgan fingerprint density at radius 3 is 2.78 bits per heavy atom. The van der Waals surface area contributed by atoms with E-state index in [0.717, 1.165) is 5.82 Å². The highest BCUT2D eigenvalue weighted by atomic mass is 35.5.